The molecule has 0 unspecified atom stereocenters. The van der Waals surface area contributed by atoms with Crippen LogP contribution >= 0.6 is 0 Å². The molecule has 0 aliphatic rings. The van der Waals surface area contributed by atoms with Gasteiger partial charge in [0, 0.05) is 11.6 Å². The highest BCUT2D eigenvalue weighted by Gasteiger charge is 1.98. The number of benzene rings is 1. The molecule has 20 heavy (non-hydrogen) atoms. The van der Waals surface area contributed by atoms with Crippen molar-refractivity contribution in [1.82, 2.24) is 4.98 Å². The molecule has 1 aromatic heterocycles. The number of aryl methyl sites for hydroxylation is 1. The van der Waals surface area contributed by atoms with Gasteiger partial charge in [-0.1, -0.05) is 70.1 Å². The summed E-state index contributed by atoms with van der Waals surface area (Å²) in [6, 6.07) is 10.8. The largest absolute Gasteiger partial charge is 0.256 e. The van der Waals surface area contributed by atoms with Crippen LogP contribution in [0.25, 0.3) is 10.9 Å². The van der Waals surface area contributed by atoms with Crippen molar-refractivity contribution in [3.05, 3.63) is 42.1 Å². The Morgan fingerprint density at radius 2 is 1.60 bits per heavy atom. The van der Waals surface area contributed by atoms with E-state index in [2.05, 4.69) is 36.2 Å². The van der Waals surface area contributed by atoms with E-state index in [1.807, 2.05) is 12.3 Å². The quantitative estimate of drug-likeness (QED) is 0.515. The first-order valence-corrected chi connectivity index (χ1v) is 8.24. The van der Waals surface area contributed by atoms with Crippen molar-refractivity contribution in [2.75, 3.05) is 0 Å². The summed E-state index contributed by atoms with van der Waals surface area (Å²) in [5.41, 5.74) is 2.56. The maximum Gasteiger partial charge on any atom is 0.0704 e. The van der Waals surface area contributed by atoms with Crippen LogP contribution in [0.2, 0.25) is 0 Å². The van der Waals surface area contributed by atoms with E-state index in [1.54, 1.807) is 0 Å². The van der Waals surface area contributed by atoms with E-state index in [0.29, 0.717) is 0 Å². The van der Waals surface area contributed by atoms with E-state index in [0.717, 1.165) is 5.52 Å². The van der Waals surface area contributed by atoms with Crippen molar-refractivity contribution in [2.45, 2.75) is 64.7 Å². The Kier molecular flexibility index (Phi) is 6.56. The van der Waals surface area contributed by atoms with Crippen LogP contribution in [0.3, 0.4) is 0 Å². The van der Waals surface area contributed by atoms with Crippen LogP contribution in [0, 0.1) is 0 Å². The maximum atomic E-state index is 4.43. The number of hydrogen-bond acceptors (Lipinski definition) is 1. The zero-order valence-corrected chi connectivity index (χ0v) is 12.8. The van der Waals surface area contributed by atoms with Gasteiger partial charge in [0.15, 0.2) is 0 Å². The lowest BCUT2D eigenvalue weighted by Crippen LogP contribution is -1.88. The molecule has 0 spiro atoms. The summed E-state index contributed by atoms with van der Waals surface area (Å²) in [5.74, 6) is 0. The number of pyridine rings is 1. The third kappa shape index (κ3) is 4.96. The highest BCUT2D eigenvalue weighted by Crippen LogP contribution is 2.16. The topological polar surface area (TPSA) is 12.9 Å². The van der Waals surface area contributed by atoms with Crippen LogP contribution in [-0.2, 0) is 6.42 Å². The summed E-state index contributed by atoms with van der Waals surface area (Å²) >= 11 is 0. The summed E-state index contributed by atoms with van der Waals surface area (Å²) in [7, 11) is 0. The second-order valence-corrected chi connectivity index (χ2v) is 5.76. The summed E-state index contributed by atoms with van der Waals surface area (Å²) in [5, 5.41) is 1.24. The van der Waals surface area contributed by atoms with Gasteiger partial charge in [0.1, 0.15) is 0 Å². The highest BCUT2D eigenvalue weighted by molar-refractivity contribution is 5.78. The number of fused-ring (bicyclic) bond motifs is 1. The molecule has 1 aromatic carbocycles. The fraction of sp³-hybridized carbons (Fsp3) is 0.526. The Bertz CT molecular complexity index is 504. The van der Waals surface area contributed by atoms with Crippen molar-refractivity contribution >= 4 is 10.9 Å². The van der Waals surface area contributed by atoms with E-state index in [4.69, 9.17) is 0 Å². The Balaban J connectivity index is 1.65. The molecule has 0 aliphatic heterocycles. The first kappa shape index (κ1) is 15.0. The monoisotopic (exact) mass is 269 g/mol. The number of rotatable bonds is 9. The Morgan fingerprint density at radius 3 is 2.40 bits per heavy atom. The Hall–Kier alpha value is -1.37. The molecule has 0 amide bonds. The molecule has 0 N–H and O–H groups in total. The maximum absolute atomic E-state index is 4.43. The van der Waals surface area contributed by atoms with E-state index in [9.17, 15) is 0 Å². The smallest absolute Gasteiger partial charge is 0.0704 e. The second-order valence-electron chi connectivity index (χ2n) is 5.76. The highest BCUT2D eigenvalue weighted by atomic mass is 14.6. The molecule has 0 fully saturated rings. The number of unbranched alkanes of at least 4 members (excludes halogenated alkanes) is 7. The second kappa shape index (κ2) is 8.73. The van der Waals surface area contributed by atoms with Gasteiger partial charge in [-0.2, -0.15) is 0 Å². The lowest BCUT2D eigenvalue weighted by atomic mass is 10.0. The lowest BCUT2D eigenvalue weighted by molar-refractivity contribution is 0.575. The molecule has 0 atom stereocenters. The zero-order chi connectivity index (χ0) is 14.0. The fourth-order valence-electron chi connectivity index (χ4n) is 2.73. The molecule has 0 aliphatic carbocycles. The first-order chi connectivity index (χ1) is 9.90. The molecule has 2 aromatic rings. The van der Waals surface area contributed by atoms with Gasteiger partial charge in [-0.15, -0.1) is 0 Å². The van der Waals surface area contributed by atoms with E-state index >= 15 is 0 Å². The molecule has 1 nitrogen and oxygen atoms in total. The van der Waals surface area contributed by atoms with Crippen LogP contribution in [0.4, 0.5) is 0 Å². The minimum absolute atomic E-state index is 1.13. The Morgan fingerprint density at radius 1 is 0.850 bits per heavy atom. The van der Waals surface area contributed by atoms with Crippen molar-refractivity contribution < 1.29 is 0 Å². The third-order valence-corrected chi connectivity index (χ3v) is 3.99. The number of nitrogens with zero attached hydrogens (tertiary/aromatic N) is 1. The molecule has 1 heterocycles. The predicted molar refractivity (Wildman–Crippen MR) is 88.1 cm³/mol. The molecule has 1 heteroatoms. The van der Waals surface area contributed by atoms with Gasteiger partial charge in [-0.05, 0) is 30.5 Å². The van der Waals surface area contributed by atoms with Gasteiger partial charge in [0.05, 0.1) is 5.52 Å². The van der Waals surface area contributed by atoms with Gasteiger partial charge in [-0.3, -0.25) is 4.98 Å². The molecule has 108 valence electrons. The molecular formula is C19H27N. The average Bonchev–Trinajstić information content (AvgIpc) is 2.50. The lowest BCUT2D eigenvalue weighted by Gasteiger charge is -2.04. The van der Waals surface area contributed by atoms with Crippen molar-refractivity contribution in [1.29, 1.82) is 0 Å². The van der Waals surface area contributed by atoms with Crippen LogP contribution in [0.1, 0.15) is 63.9 Å². The molecule has 0 saturated heterocycles. The summed E-state index contributed by atoms with van der Waals surface area (Å²) < 4.78 is 0. The van der Waals surface area contributed by atoms with Crippen LogP contribution in [0.15, 0.2) is 36.5 Å². The van der Waals surface area contributed by atoms with E-state index in [1.165, 1.54) is 68.7 Å². The summed E-state index contributed by atoms with van der Waals surface area (Å²) in [4.78, 5) is 4.43. The van der Waals surface area contributed by atoms with Crippen molar-refractivity contribution in [3.8, 4) is 0 Å². The van der Waals surface area contributed by atoms with E-state index in [-0.39, 0.29) is 0 Å². The van der Waals surface area contributed by atoms with Crippen molar-refractivity contribution in [2.24, 2.45) is 0 Å². The Labute approximate surface area is 123 Å². The fourth-order valence-corrected chi connectivity index (χ4v) is 2.73. The van der Waals surface area contributed by atoms with Gasteiger partial charge < -0.3 is 0 Å². The SMILES string of the molecule is CCCCCCCCCCc1ccc2cccnc2c1. The standard InChI is InChI=1S/C19H27N/c1-2-3-4-5-6-7-8-9-11-17-13-14-18-12-10-15-20-19(18)16-17/h10,12-16H,2-9,11H2,1H3. The molecule has 0 saturated carbocycles. The van der Waals surface area contributed by atoms with Gasteiger partial charge in [-0.25, -0.2) is 0 Å². The van der Waals surface area contributed by atoms with Crippen LogP contribution < -0.4 is 0 Å². The first-order valence-electron chi connectivity index (χ1n) is 8.24. The average molecular weight is 269 g/mol. The summed E-state index contributed by atoms with van der Waals surface area (Å²) in [6.07, 6.45) is 14.2. The van der Waals surface area contributed by atoms with Crippen LogP contribution in [-0.4, -0.2) is 4.98 Å². The zero-order valence-electron chi connectivity index (χ0n) is 12.8. The molecule has 0 bridgehead atoms. The third-order valence-electron chi connectivity index (χ3n) is 3.99. The number of aromatic nitrogens is 1. The number of hydrogen-bond donors (Lipinski definition) is 0. The van der Waals surface area contributed by atoms with E-state index < -0.39 is 0 Å². The molecular weight excluding hydrogens is 242 g/mol. The van der Waals surface area contributed by atoms with Gasteiger partial charge in [0.2, 0.25) is 0 Å². The normalized spacial score (nSPS) is 11.1. The van der Waals surface area contributed by atoms with Crippen LogP contribution in [0.5, 0.6) is 0 Å². The van der Waals surface area contributed by atoms with Gasteiger partial charge in [0.25, 0.3) is 0 Å². The van der Waals surface area contributed by atoms with Gasteiger partial charge >= 0.3 is 0 Å². The molecule has 0 radical (unpaired) electrons. The predicted octanol–water partition coefficient (Wildman–Crippen LogP) is 5.92. The minimum Gasteiger partial charge on any atom is -0.256 e. The van der Waals surface area contributed by atoms with Crippen molar-refractivity contribution in [3.63, 3.8) is 0 Å². The summed E-state index contributed by atoms with van der Waals surface area (Å²) in [6.45, 7) is 2.28. The minimum atomic E-state index is 1.13. The molecule has 2 rings (SSSR count).